The van der Waals surface area contributed by atoms with Gasteiger partial charge in [-0.1, -0.05) is 13.3 Å². The molecule has 2 aliphatic heterocycles. The summed E-state index contributed by atoms with van der Waals surface area (Å²) in [5.41, 5.74) is 0. The van der Waals surface area contributed by atoms with Gasteiger partial charge >= 0.3 is 6.09 Å². The predicted octanol–water partition coefficient (Wildman–Crippen LogP) is 1.35. The first-order chi connectivity index (χ1) is 11.5. The number of carbonyl (C=O) groups is 1. The Morgan fingerprint density at radius 3 is 2.21 bits per heavy atom. The van der Waals surface area contributed by atoms with E-state index in [-0.39, 0.29) is 11.8 Å². The van der Waals surface area contributed by atoms with Crippen molar-refractivity contribution in [3.8, 4) is 0 Å². The van der Waals surface area contributed by atoms with Gasteiger partial charge in [0.2, 0.25) is 10.0 Å². The molecule has 2 aliphatic rings. The van der Waals surface area contributed by atoms with Crippen LogP contribution in [-0.2, 0) is 14.8 Å². The minimum atomic E-state index is -3.09. The van der Waals surface area contributed by atoms with Gasteiger partial charge in [-0.15, -0.1) is 0 Å². The van der Waals surface area contributed by atoms with E-state index in [1.807, 2.05) is 13.8 Å². The van der Waals surface area contributed by atoms with Crippen molar-refractivity contribution in [1.82, 2.24) is 14.1 Å². The largest absolute Gasteiger partial charge is 0.450 e. The first-order valence-corrected chi connectivity index (χ1v) is 10.7. The minimum absolute atomic E-state index is 0.220. The third-order valence-electron chi connectivity index (χ3n) is 4.93. The molecule has 140 valence electrons. The van der Waals surface area contributed by atoms with E-state index in [4.69, 9.17) is 4.74 Å². The van der Waals surface area contributed by atoms with E-state index in [1.54, 1.807) is 9.21 Å². The number of likely N-dealkylation sites (tertiary alicyclic amines) is 1. The molecule has 2 heterocycles. The first kappa shape index (κ1) is 19.5. The standard InChI is InChI=1S/C16H31N3O4S/c1-3-5-14-24(21,22)19-12-10-17(11-13-19)15-6-8-18(9-7-15)16(20)23-4-2/h15H,3-14H2,1-2H3. The van der Waals surface area contributed by atoms with Gasteiger partial charge in [0.15, 0.2) is 0 Å². The number of unbranched alkanes of at least 4 members (excludes halogenated alkanes) is 1. The average Bonchev–Trinajstić information content (AvgIpc) is 2.60. The lowest BCUT2D eigenvalue weighted by Gasteiger charge is -2.42. The van der Waals surface area contributed by atoms with E-state index in [0.29, 0.717) is 25.7 Å². The Kier molecular flexibility index (Phi) is 7.31. The summed E-state index contributed by atoms with van der Waals surface area (Å²) in [6.45, 7) is 8.43. The molecule has 0 atom stereocenters. The van der Waals surface area contributed by atoms with E-state index in [9.17, 15) is 13.2 Å². The van der Waals surface area contributed by atoms with Crippen molar-refractivity contribution in [2.75, 3.05) is 51.6 Å². The number of nitrogens with zero attached hydrogens (tertiary/aromatic N) is 3. The molecule has 0 unspecified atom stereocenters. The van der Waals surface area contributed by atoms with Gasteiger partial charge in [-0.2, -0.15) is 4.31 Å². The monoisotopic (exact) mass is 361 g/mol. The van der Waals surface area contributed by atoms with Crippen molar-refractivity contribution in [3.63, 3.8) is 0 Å². The third-order valence-corrected chi connectivity index (χ3v) is 6.89. The van der Waals surface area contributed by atoms with E-state index in [2.05, 4.69) is 4.90 Å². The molecule has 8 heteroatoms. The van der Waals surface area contributed by atoms with Gasteiger partial charge in [-0.25, -0.2) is 13.2 Å². The summed E-state index contributed by atoms with van der Waals surface area (Å²) < 4.78 is 31.2. The summed E-state index contributed by atoms with van der Waals surface area (Å²) >= 11 is 0. The van der Waals surface area contributed by atoms with Gasteiger partial charge in [0.1, 0.15) is 0 Å². The molecule has 0 N–H and O–H groups in total. The van der Waals surface area contributed by atoms with Crippen molar-refractivity contribution < 1.29 is 17.9 Å². The van der Waals surface area contributed by atoms with Crippen molar-refractivity contribution in [3.05, 3.63) is 0 Å². The molecule has 7 nitrogen and oxygen atoms in total. The Labute approximate surface area is 146 Å². The number of amides is 1. The molecule has 0 aromatic carbocycles. The lowest BCUT2D eigenvalue weighted by Crippen LogP contribution is -2.55. The first-order valence-electron chi connectivity index (χ1n) is 9.11. The van der Waals surface area contributed by atoms with E-state index in [0.717, 1.165) is 51.9 Å². The Hall–Kier alpha value is -0.860. The molecule has 0 aromatic heterocycles. The van der Waals surface area contributed by atoms with Crippen LogP contribution >= 0.6 is 0 Å². The van der Waals surface area contributed by atoms with Crippen molar-refractivity contribution in [1.29, 1.82) is 0 Å². The van der Waals surface area contributed by atoms with Crippen molar-refractivity contribution in [2.24, 2.45) is 0 Å². The summed E-state index contributed by atoms with van der Waals surface area (Å²) in [5.74, 6) is 0.265. The van der Waals surface area contributed by atoms with Crippen LogP contribution in [0.3, 0.4) is 0 Å². The van der Waals surface area contributed by atoms with Crippen LogP contribution < -0.4 is 0 Å². The highest BCUT2D eigenvalue weighted by atomic mass is 32.2. The smallest absolute Gasteiger partial charge is 0.409 e. The normalized spacial score (nSPS) is 21.8. The maximum atomic E-state index is 12.3. The van der Waals surface area contributed by atoms with E-state index < -0.39 is 10.0 Å². The molecule has 0 saturated carbocycles. The zero-order chi connectivity index (χ0) is 17.6. The SMILES string of the molecule is CCCCS(=O)(=O)N1CCN(C2CCN(C(=O)OCC)CC2)CC1. The van der Waals surface area contributed by atoms with Gasteiger partial charge in [0.05, 0.1) is 12.4 Å². The van der Waals surface area contributed by atoms with Crippen LogP contribution in [0.1, 0.15) is 39.5 Å². The third kappa shape index (κ3) is 5.07. The molecule has 0 aromatic rings. The van der Waals surface area contributed by atoms with Crippen LogP contribution in [0, 0.1) is 0 Å². The Balaban J connectivity index is 1.76. The summed E-state index contributed by atoms with van der Waals surface area (Å²) in [5, 5.41) is 0. The summed E-state index contributed by atoms with van der Waals surface area (Å²) in [6, 6.07) is 0.441. The maximum absolute atomic E-state index is 12.3. The highest BCUT2D eigenvalue weighted by Gasteiger charge is 2.32. The maximum Gasteiger partial charge on any atom is 0.409 e. The molecule has 2 fully saturated rings. The number of piperidine rings is 1. The fourth-order valence-electron chi connectivity index (χ4n) is 3.43. The topological polar surface area (TPSA) is 70.2 Å². The number of hydrogen-bond donors (Lipinski definition) is 0. The second kappa shape index (κ2) is 9.01. The zero-order valence-corrected chi connectivity index (χ0v) is 15.8. The van der Waals surface area contributed by atoms with E-state index in [1.165, 1.54) is 0 Å². The molecule has 1 amide bonds. The fourth-order valence-corrected chi connectivity index (χ4v) is 5.06. The number of rotatable bonds is 6. The van der Waals surface area contributed by atoms with Crippen molar-refractivity contribution in [2.45, 2.75) is 45.6 Å². The molecule has 0 spiro atoms. The van der Waals surface area contributed by atoms with Crippen LogP contribution in [0.4, 0.5) is 4.79 Å². The molecule has 0 radical (unpaired) electrons. The van der Waals surface area contributed by atoms with Crippen molar-refractivity contribution >= 4 is 16.1 Å². The molecule has 0 bridgehead atoms. The summed E-state index contributed by atoms with van der Waals surface area (Å²) in [6.07, 6.45) is 3.28. The minimum Gasteiger partial charge on any atom is -0.450 e. The highest BCUT2D eigenvalue weighted by molar-refractivity contribution is 7.89. The Morgan fingerprint density at radius 1 is 1.04 bits per heavy atom. The van der Waals surface area contributed by atoms with Gasteiger partial charge < -0.3 is 9.64 Å². The Morgan fingerprint density at radius 2 is 1.67 bits per heavy atom. The summed E-state index contributed by atoms with van der Waals surface area (Å²) in [4.78, 5) is 15.9. The van der Waals surface area contributed by atoms with Gasteiger partial charge in [0.25, 0.3) is 0 Å². The lowest BCUT2D eigenvalue weighted by atomic mass is 10.0. The van der Waals surface area contributed by atoms with Gasteiger partial charge in [0, 0.05) is 45.3 Å². The second-order valence-electron chi connectivity index (χ2n) is 6.52. The van der Waals surface area contributed by atoms with E-state index >= 15 is 0 Å². The number of ether oxygens (including phenoxy) is 1. The fraction of sp³-hybridized carbons (Fsp3) is 0.938. The lowest BCUT2D eigenvalue weighted by molar-refractivity contribution is 0.0633. The molecule has 0 aliphatic carbocycles. The second-order valence-corrected chi connectivity index (χ2v) is 8.61. The zero-order valence-electron chi connectivity index (χ0n) is 14.9. The molecule has 2 saturated heterocycles. The molecular weight excluding hydrogens is 330 g/mol. The summed E-state index contributed by atoms with van der Waals surface area (Å²) in [7, 11) is -3.09. The van der Waals surface area contributed by atoms with Crippen LogP contribution in [-0.4, -0.2) is 86.3 Å². The highest BCUT2D eigenvalue weighted by Crippen LogP contribution is 2.20. The van der Waals surface area contributed by atoms with Gasteiger partial charge in [-0.05, 0) is 26.2 Å². The number of carbonyl (C=O) groups excluding carboxylic acids is 1. The number of piperazine rings is 1. The van der Waals surface area contributed by atoms with Crippen LogP contribution in [0.5, 0.6) is 0 Å². The molecule has 2 rings (SSSR count). The van der Waals surface area contributed by atoms with Gasteiger partial charge in [-0.3, -0.25) is 4.90 Å². The van der Waals surface area contributed by atoms with Crippen LogP contribution in [0.25, 0.3) is 0 Å². The van der Waals surface area contributed by atoms with Crippen LogP contribution in [0.15, 0.2) is 0 Å². The number of hydrogen-bond acceptors (Lipinski definition) is 5. The quantitative estimate of drug-likeness (QED) is 0.714. The molecular formula is C16H31N3O4S. The van der Waals surface area contributed by atoms with Crippen LogP contribution in [0.2, 0.25) is 0 Å². The Bertz CT molecular complexity index is 495. The molecule has 24 heavy (non-hydrogen) atoms. The average molecular weight is 362 g/mol. The predicted molar refractivity (Wildman–Crippen MR) is 93.5 cm³/mol. The number of sulfonamides is 1.